The van der Waals surface area contributed by atoms with Crippen molar-refractivity contribution in [3.8, 4) is 0 Å². The van der Waals surface area contributed by atoms with Crippen molar-refractivity contribution < 1.29 is 4.79 Å². The lowest BCUT2D eigenvalue weighted by molar-refractivity contribution is -0.134. The minimum atomic E-state index is 0.194. The monoisotopic (exact) mass is 291 g/mol. The van der Waals surface area contributed by atoms with Gasteiger partial charge in [-0.15, -0.1) is 11.6 Å². The van der Waals surface area contributed by atoms with Gasteiger partial charge in [-0.25, -0.2) is 0 Å². The summed E-state index contributed by atoms with van der Waals surface area (Å²) in [6.07, 6.45) is 5.14. The molecule has 1 heterocycles. The highest BCUT2D eigenvalue weighted by molar-refractivity contribution is 6.17. The summed E-state index contributed by atoms with van der Waals surface area (Å²) < 4.78 is 0. The van der Waals surface area contributed by atoms with Gasteiger partial charge in [-0.05, 0) is 49.1 Å². The first-order valence-electron chi connectivity index (χ1n) is 7.69. The number of carbonyl (C=O) groups is 1. The van der Waals surface area contributed by atoms with Gasteiger partial charge in [-0.1, -0.05) is 24.3 Å². The normalized spacial score (nSPS) is 25.6. The summed E-state index contributed by atoms with van der Waals surface area (Å²) in [7, 11) is 0. The van der Waals surface area contributed by atoms with E-state index in [1.807, 2.05) is 0 Å². The second-order valence-corrected chi connectivity index (χ2v) is 6.50. The first kappa shape index (κ1) is 13.9. The van der Waals surface area contributed by atoms with Crippen LogP contribution >= 0.6 is 11.6 Å². The van der Waals surface area contributed by atoms with E-state index in [1.54, 1.807) is 0 Å². The molecule has 0 bridgehead atoms. The molecule has 0 radical (unpaired) electrons. The molecule has 20 heavy (non-hydrogen) atoms. The van der Waals surface area contributed by atoms with E-state index in [-0.39, 0.29) is 5.92 Å². The Morgan fingerprint density at radius 3 is 2.85 bits per heavy atom. The molecular formula is C17H22ClNO. The van der Waals surface area contributed by atoms with Crippen LogP contribution in [0.15, 0.2) is 24.3 Å². The maximum atomic E-state index is 12.7. The van der Waals surface area contributed by atoms with Crippen LogP contribution < -0.4 is 0 Å². The van der Waals surface area contributed by atoms with Crippen LogP contribution in [-0.2, 0) is 17.6 Å². The zero-order chi connectivity index (χ0) is 13.9. The number of carbonyl (C=O) groups excluding carboxylic acids is 1. The van der Waals surface area contributed by atoms with Crippen LogP contribution in [0.25, 0.3) is 0 Å². The number of nitrogens with zero attached hydrogens (tertiary/aromatic N) is 1. The highest BCUT2D eigenvalue weighted by atomic mass is 35.5. The highest BCUT2D eigenvalue weighted by Crippen LogP contribution is 2.29. The number of amides is 1. The van der Waals surface area contributed by atoms with Crippen molar-refractivity contribution in [3.05, 3.63) is 35.4 Å². The zero-order valence-corrected chi connectivity index (χ0v) is 12.6. The molecule has 1 aliphatic heterocycles. The Kier molecular flexibility index (Phi) is 4.30. The molecule has 1 aromatic carbocycles. The Balaban J connectivity index is 1.62. The molecule has 1 saturated heterocycles. The smallest absolute Gasteiger partial charge is 0.226 e. The van der Waals surface area contributed by atoms with Crippen LogP contribution in [0, 0.1) is 11.8 Å². The van der Waals surface area contributed by atoms with Gasteiger partial charge in [0.1, 0.15) is 0 Å². The molecular weight excluding hydrogens is 270 g/mol. The minimum Gasteiger partial charge on any atom is -0.342 e. The second-order valence-electron chi connectivity index (χ2n) is 6.13. The van der Waals surface area contributed by atoms with E-state index in [0.29, 0.717) is 17.7 Å². The van der Waals surface area contributed by atoms with Gasteiger partial charge < -0.3 is 4.90 Å². The van der Waals surface area contributed by atoms with E-state index in [4.69, 9.17) is 11.6 Å². The van der Waals surface area contributed by atoms with E-state index in [1.165, 1.54) is 11.1 Å². The van der Waals surface area contributed by atoms with Gasteiger partial charge in [0.2, 0.25) is 5.91 Å². The van der Waals surface area contributed by atoms with Crippen molar-refractivity contribution in [3.63, 3.8) is 0 Å². The molecule has 3 rings (SSSR count). The third kappa shape index (κ3) is 2.85. The quantitative estimate of drug-likeness (QED) is 0.783. The summed E-state index contributed by atoms with van der Waals surface area (Å²) in [4.78, 5) is 14.7. The highest BCUT2D eigenvalue weighted by Gasteiger charge is 2.32. The van der Waals surface area contributed by atoms with E-state index in [9.17, 15) is 4.79 Å². The first-order valence-corrected chi connectivity index (χ1v) is 8.23. The Morgan fingerprint density at radius 2 is 2.05 bits per heavy atom. The van der Waals surface area contributed by atoms with Crippen molar-refractivity contribution >= 4 is 17.5 Å². The van der Waals surface area contributed by atoms with Gasteiger partial charge in [0.05, 0.1) is 0 Å². The van der Waals surface area contributed by atoms with E-state index >= 15 is 0 Å². The molecule has 2 aliphatic rings. The number of rotatable bonds is 3. The summed E-state index contributed by atoms with van der Waals surface area (Å²) in [5.41, 5.74) is 2.80. The number of hydrogen-bond donors (Lipinski definition) is 0. The van der Waals surface area contributed by atoms with E-state index in [0.717, 1.165) is 45.2 Å². The van der Waals surface area contributed by atoms with Gasteiger partial charge in [-0.3, -0.25) is 4.79 Å². The van der Waals surface area contributed by atoms with Crippen LogP contribution in [0.2, 0.25) is 0 Å². The molecule has 108 valence electrons. The number of hydrogen-bond acceptors (Lipinski definition) is 1. The van der Waals surface area contributed by atoms with Gasteiger partial charge in [-0.2, -0.15) is 0 Å². The van der Waals surface area contributed by atoms with Gasteiger partial charge in [0.25, 0.3) is 0 Å². The van der Waals surface area contributed by atoms with Gasteiger partial charge in [0, 0.05) is 24.9 Å². The summed E-state index contributed by atoms with van der Waals surface area (Å²) in [6.45, 7) is 1.85. The maximum Gasteiger partial charge on any atom is 0.226 e. The van der Waals surface area contributed by atoms with Gasteiger partial charge in [0.15, 0.2) is 0 Å². The summed E-state index contributed by atoms with van der Waals surface area (Å²) in [5, 5.41) is 0. The number of likely N-dealkylation sites (tertiary alicyclic amines) is 1. The van der Waals surface area contributed by atoms with Crippen LogP contribution in [-0.4, -0.2) is 29.8 Å². The lowest BCUT2D eigenvalue weighted by atomic mass is 9.83. The molecule has 0 N–H and O–H groups in total. The summed E-state index contributed by atoms with van der Waals surface area (Å²) in [6, 6.07) is 8.55. The van der Waals surface area contributed by atoms with Crippen LogP contribution in [0.5, 0.6) is 0 Å². The van der Waals surface area contributed by atoms with E-state index < -0.39 is 0 Å². The SMILES string of the molecule is O=C(C1CCc2ccccc2C1)N1CCC(CCCl)C1. The van der Waals surface area contributed by atoms with Crippen LogP contribution in [0.4, 0.5) is 0 Å². The van der Waals surface area contributed by atoms with Crippen LogP contribution in [0.1, 0.15) is 30.4 Å². The lowest BCUT2D eigenvalue weighted by Gasteiger charge is -2.28. The molecule has 1 aromatic rings. The summed E-state index contributed by atoms with van der Waals surface area (Å²) >= 11 is 5.81. The van der Waals surface area contributed by atoms with Crippen molar-refractivity contribution in [2.24, 2.45) is 11.8 Å². The standard InChI is InChI=1S/C17H22ClNO/c18-9-7-13-8-10-19(12-13)17(20)16-6-5-14-3-1-2-4-15(14)11-16/h1-4,13,16H,5-12H2. The number of fused-ring (bicyclic) bond motifs is 1. The van der Waals surface area contributed by atoms with Crippen molar-refractivity contribution in [1.82, 2.24) is 4.90 Å². The predicted octanol–water partition coefficient (Wildman–Crippen LogP) is 3.27. The predicted molar refractivity (Wildman–Crippen MR) is 82.0 cm³/mol. The topological polar surface area (TPSA) is 20.3 Å². The molecule has 2 atom stereocenters. The third-order valence-corrected chi connectivity index (χ3v) is 5.03. The summed E-state index contributed by atoms with van der Waals surface area (Å²) in [5.74, 6) is 1.90. The zero-order valence-electron chi connectivity index (χ0n) is 11.9. The number of aryl methyl sites for hydroxylation is 1. The number of benzene rings is 1. The molecule has 3 heteroatoms. The molecule has 0 aromatic heterocycles. The number of alkyl halides is 1. The molecule has 2 unspecified atom stereocenters. The fourth-order valence-electron chi connectivity index (χ4n) is 3.59. The average Bonchev–Trinajstić information content (AvgIpc) is 2.95. The average molecular weight is 292 g/mol. The molecule has 1 aliphatic carbocycles. The molecule has 2 nitrogen and oxygen atoms in total. The largest absolute Gasteiger partial charge is 0.342 e. The molecule has 0 spiro atoms. The molecule has 1 fully saturated rings. The minimum absolute atomic E-state index is 0.194. The molecule has 0 saturated carbocycles. The molecule has 1 amide bonds. The Bertz CT molecular complexity index is 488. The Hall–Kier alpha value is -1.02. The van der Waals surface area contributed by atoms with Crippen molar-refractivity contribution in [1.29, 1.82) is 0 Å². The lowest BCUT2D eigenvalue weighted by Crippen LogP contribution is -2.37. The fourth-order valence-corrected chi connectivity index (χ4v) is 3.90. The second kappa shape index (κ2) is 6.17. The first-order chi connectivity index (χ1) is 9.78. The Morgan fingerprint density at radius 1 is 1.25 bits per heavy atom. The fraction of sp³-hybridized carbons (Fsp3) is 0.588. The van der Waals surface area contributed by atoms with E-state index in [2.05, 4.69) is 29.2 Å². The van der Waals surface area contributed by atoms with Gasteiger partial charge >= 0.3 is 0 Å². The third-order valence-electron chi connectivity index (χ3n) is 4.81. The van der Waals surface area contributed by atoms with Crippen LogP contribution in [0.3, 0.4) is 0 Å². The van der Waals surface area contributed by atoms with Crippen molar-refractivity contribution in [2.45, 2.75) is 32.1 Å². The van der Waals surface area contributed by atoms with Crippen molar-refractivity contribution in [2.75, 3.05) is 19.0 Å². The maximum absolute atomic E-state index is 12.7. The Labute approximate surface area is 126 Å². The number of halogens is 1.